The molecule has 0 aliphatic carbocycles. The molecule has 20 heavy (non-hydrogen) atoms. The monoisotopic (exact) mass is 280 g/mol. The molecule has 8 heteroatoms. The Labute approximate surface area is 113 Å². The first-order valence-corrected chi connectivity index (χ1v) is 5.84. The average molecular weight is 280 g/mol. The molecule has 2 amide bonds. The standard InChI is InChI=1S/C12H12N2O6/c15-8-6-7(12(19)13-8)2-1-3-11(18)20-14-9(16)4-5-10(14)17/h4-6,16-17H,1-3H2,(H,13,15,19). The van der Waals surface area contributed by atoms with Gasteiger partial charge in [0.05, 0.1) is 0 Å². The van der Waals surface area contributed by atoms with Gasteiger partial charge in [-0.15, -0.1) is 4.73 Å². The maximum absolute atomic E-state index is 11.5. The molecule has 3 N–H and O–H groups in total. The van der Waals surface area contributed by atoms with Crippen LogP contribution in [0.15, 0.2) is 23.8 Å². The summed E-state index contributed by atoms with van der Waals surface area (Å²) in [6.45, 7) is 0. The van der Waals surface area contributed by atoms with Crippen molar-refractivity contribution in [3.05, 3.63) is 23.8 Å². The molecule has 0 unspecified atom stereocenters. The fourth-order valence-corrected chi connectivity index (χ4v) is 1.70. The van der Waals surface area contributed by atoms with Crippen LogP contribution in [-0.4, -0.2) is 32.7 Å². The van der Waals surface area contributed by atoms with Gasteiger partial charge < -0.3 is 15.1 Å². The van der Waals surface area contributed by atoms with Gasteiger partial charge in [0, 0.05) is 30.2 Å². The van der Waals surface area contributed by atoms with Crippen LogP contribution in [-0.2, 0) is 14.4 Å². The van der Waals surface area contributed by atoms with Crippen LogP contribution in [0.25, 0.3) is 0 Å². The molecule has 0 aromatic carbocycles. The highest BCUT2D eigenvalue weighted by molar-refractivity contribution is 6.16. The van der Waals surface area contributed by atoms with E-state index in [-0.39, 0.29) is 12.8 Å². The normalized spacial score (nSPS) is 14.1. The Kier molecular flexibility index (Phi) is 3.74. The molecule has 1 aliphatic rings. The number of carbonyl (C=O) groups is 3. The molecule has 0 bridgehead atoms. The zero-order valence-corrected chi connectivity index (χ0v) is 10.3. The van der Waals surface area contributed by atoms with E-state index in [1.807, 2.05) is 0 Å². The van der Waals surface area contributed by atoms with Crippen LogP contribution in [0.3, 0.4) is 0 Å². The van der Waals surface area contributed by atoms with Gasteiger partial charge in [-0.1, -0.05) is 0 Å². The van der Waals surface area contributed by atoms with Crippen molar-refractivity contribution in [3.63, 3.8) is 0 Å². The van der Waals surface area contributed by atoms with Gasteiger partial charge in [-0.05, 0) is 12.8 Å². The maximum atomic E-state index is 11.5. The number of nitrogens with zero attached hydrogens (tertiary/aromatic N) is 1. The minimum Gasteiger partial charge on any atom is -0.492 e. The predicted molar refractivity (Wildman–Crippen MR) is 64.4 cm³/mol. The van der Waals surface area contributed by atoms with Crippen molar-refractivity contribution in [1.82, 2.24) is 10.0 Å². The Morgan fingerprint density at radius 1 is 1.25 bits per heavy atom. The molecule has 8 nitrogen and oxygen atoms in total. The number of aromatic nitrogens is 1. The number of amides is 2. The quantitative estimate of drug-likeness (QED) is 0.632. The minimum absolute atomic E-state index is 0.0319. The Hall–Kier alpha value is -2.77. The molecule has 1 aliphatic heterocycles. The number of nitrogens with one attached hydrogen (secondary N) is 1. The second kappa shape index (κ2) is 5.47. The molecule has 1 aromatic rings. The third-order valence-electron chi connectivity index (χ3n) is 2.65. The Morgan fingerprint density at radius 3 is 2.45 bits per heavy atom. The Bertz CT molecular complexity index is 582. The zero-order chi connectivity index (χ0) is 14.7. The third-order valence-corrected chi connectivity index (χ3v) is 2.65. The average Bonchev–Trinajstić information content (AvgIpc) is 2.86. The second-order valence-electron chi connectivity index (χ2n) is 4.15. The van der Waals surface area contributed by atoms with Crippen LogP contribution in [0.4, 0.5) is 0 Å². The van der Waals surface area contributed by atoms with Gasteiger partial charge in [-0.25, -0.2) is 4.79 Å². The maximum Gasteiger partial charge on any atom is 0.333 e. The van der Waals surface area contributed by atoms with Gasteiger partial charge in [0.2, 0.25) is 11.8 Å². The van der Waals surface area contributed by atoms with Crippen LogP contribution in [0.1, 0.15) is 19.3 Å². The van der Waals surface area contributed by atoms with E-state index in [4.69, 9.17) is 4.84 Å². The summed E-state index contributed by atoms with van der Waals surface area (Å²) in [6.07, 6.45) is 1.72. The molecule has 0 saturated carbocycles. The van der Waals surface area contributed by atoms with Crippen molar-refractivity contribution in [1.29, 1.82) is 0 Å². The highest BCUT2D eigenvalue weighted by Gasteiger charge is 2.20. The summed E-state index contributed by atoms with van der Waals surface area (Å²) >= 11 is 0. The molecule has 106 valence electrons. The van der Waals surface area contributed by atoms with Gasteiger partial charge in [0.1, 0.15) is 0 Å². The van der Waals surface area contributed by atoms with E-state index < -0.39 is 29.5 Å². The van der Waals surface area contributed by atoms with E-state index in [1.165, 1.54) is 18.2 Å². The lowest BCUT2D eigenvalue weighted by molar-refractivity contribution is -0.145. The summed E-state index contributed by atoms with van der Waals surface area (Å²) in [6, 6.07) is 2.34. The number of hydrogen-bond acceptors (Lipinski definition) is 6. The summed E-state index contributed by atoms with van der Waals surface area (Å²) in [5.74, 6) is -2.41. The SMILES string of the molecule is O=C1C=C(CCCC(=O)On2c(O)ccc2O)C(=O)N1. The van der Waals surface area contributed by atoms with Crippen LogP contribution in [0.2, 0.25) is 0 Å². The number of carbonyl (C=O) groups excluding carboxylic acids is 3. The first kappa shape index (κ1) is 13.7. The van der Waals surface area contributed by atoms with E-state index in [2.05, 4.69) is 5.32 Å². The van der Waals surface area contributed by atoms with Crippen molar-refractivity contribution in [2.45, 2.75) is 19.3 Å². The summed E-state index contributed by atoms with van der Waals surface area (Å²) in [5, 5.41) is 20.6. The second-order valence-corrected chi connectivity index (χ2v) is 4.15. The van der Waals surface area contributed by atoms with E-state index in [0.29, 0.717) is 16.7 Å². The fourth-order valence-electron chi connectivity index (χ4n) is 1.70. The smallest absolute Gasteiger partial charge is 0.333 e. The van der Waals surface area contributed by atoms with Crippen LogP contribution >= 0.6 is 0 Å². The molecular formula is C12H12N2O6. The number of hydrogen-bond donors (Lipinski definition) is 3. The van der Waals surface area contributed by atoms with E-state index >= 15 is 0 Å². The third kappa shape index (κ3) is 2.97. The van der Waals surface area contributed by atoms with Crippen molar-refractivity contribution in [3.8, 4) is 11.8 Å². The first-order valence-electron chi connectivity index (χ1n) is 5.84. The molecular weight excluding hydrogens is 268 g/mol. The van der Waals surface area contributed by atoms with Gasteiger partial charge in [-0.3, -0.25) is 14.9 Å². The molecule has 2 heterocycles. The lowest BCUT2D eigenvalue weighted by Crippen LogP contribution is -2.22. The molecule has 0 radical (unpaired) electrons. The summed E-state index contributed by atoms with van der Waals surface area (Å²) in [5.41, 5.74) is 0.314. The molecule has 0 atom stereocenters. The highest BCUT2D eigenvalue weighted by Crippen LogP contribution is 2.19. The zero-order valence-electron chi connectivity index (χ0n) is 10.3. The molecule has 1 aromatic heterocycles. The predicted octanol–water partition coefficient (Wildman–Crippen LogP) is -0.392. The van der Waals surface area contributed by atoms with E-state index in [9.17, 15) is 24.6 Å². The lowest BCUT2D eigenvalue weighted by atomic mass is 10.1. The van der Waals surface area contributed by atoms with Crippen LogP contribution in [0, 0.1) is 0 Å². The van der Waals surface area contributed by atoms with E-state index in [0.717, 1.165) is 0 Å². The Morgan fingerprint density at radius 2 is 1.90 bits per heavy atom. The van der Waals surface area contributed by atoms with Crippen LogP contribution in [0.5, 0.6) is 11.8 Å². The molecule has 0 saturated heterocycles. The van der Waals surface area contributed by atoms with Crippen molar-refractivity contribution < 1.29 is 29.4 Å². The van der Waals surface area contributed by atoms with Gasteiger partial charge in [0.15, 0.2) is 0 Å². The van der Waals surface area contributed by atoms with Gasteiger partial charge in [0.25, 0.3) is 11.8 Å². The van der Waals surface area contributed by atoms with Gasteiger partial charge in [-0.2, -0.15) is 0 Å². The molecule has 0 spiro atoms. The highest BCUT2D eigenvalue weighted by atomic mass is 16.7. The van der Waals surface area contributed by atoms with Crippen LogP contribution < -0.4 is 10.2 Å². The number of rotatable bonds is 5. The minimum atomic E-state index is -0.683. The Balaban J connectivity index is 1.80. The van der Waals surface area contributed by atoms with E-state index in [1.54, 1.807) is 0 Å². The van der Waals surface area contributed by atoms with Crippen molar-refractivity contribution in [2.75, 3.05) is 0 Å². The summed E-state index contributed by atoms with van der Waals surface area (Å²) in [7, 11) is 0. The van der Waals surface area contributed by atoms with Crippen molar-refractivity contribution >= 4 is 17.8 Å². The van der Waals surface area contributed by atoms with Crippen molar-refractivity contribution in [2.24, 2.45) is 0 Å². The lowest BCUT2D eigenvalue weighted by Gasteiger charge is -2.06. The van der Waals surface area contributed by atoms with Gasteiger partial charge >= 0.3 is 5.97 Å². The summed E-state index contributed by atoms with van der Waals surface area (Å²) in [4.78, 5) is 38.3. The largest absolute Gasteiger partial charge is 0.492 e. The fraction of sp³-hybridized carbons (Fsp3) is 0.250. The molecule has 0 fully saturated rings. The first-order chi connectivity index (χ1) is 9.47. The topological polar surface area (TPSA) is 118 Å². The number of imide groups is 1. The molecule has 2 rings (SSSR count). The summed E-state index contributed by atoms with van der Waals surface area (Å²) < 4.78 is 0.591. The number of aromatic hydroxyl groups is 2.